The van der Waals surface area contributed by atoms with Crippen molar-refractivity contribution in [3.63, 3.8) is 0 Å². The molecule has 0 aromatic heterocycles. The van der Waals surface area contributed by atoms with E-state index in [4.69, 9.17) is 5.73 Å². The van der Waals surface area contributed by atoms with Gasteiger partial charge in [-0.2, -0.15) is 4.39 Å². The molecule has 2 rings (SSSR count). The van der Waals surface area contributed by atoms with E-state index in [2.05, 4.69) is 0 Å². The number of halogens is 3. The Bertz CT molecular complexity index is 482. The number of hydrogen-bond acceptors (Lipinski definition) is 3. The van der Waals surface area contributed by atoms with Crippen LogP contribution in [0.2, 0.25) is 0 Å². The van der Waals surface area contributed by atoms with Gasteiger partial charge in [0.15, 0.2) is 0 Å². The molecule has 0 aliphatic heterocycles. The van der Waals surface area contributed by atoms with Gasteiger partial charge in [0.2, 0.25) is 5.82 Å². The van der Waals surface area contributed by atoms with E-state index < -0.39 is 40.7 Å². The molecule has 0 unspecified atom stereocenters. The van der Waals surface area contributed by atoms with Crippen LogP contribution in [0.15, 0.2) is 18.2 Å². The van der Waals surface area contributed by atoms with Gasteiger partial charge >= 0.3 is 5.69 Å². The van der Waals surface area contributed by atoms with Crippen LogP contribution in [0.4, 0.5) is 18.9 Å². The molecule has 0 radical (unpaired) electrons. The van der Waals surface area contributed by atoms with Crippen LogP contribution in [0.25, 0.3) is 0 Å². The monoisotopic (exact) mass is 246 g/mol. The standard InChI is InChI=1S/C10H9F3N2O2/c11-7-2-1-6(3-8(7)15(16)17)9(14)4-10(12,13)5-9/h1-3H,4-5,14H2. The average molecular weight is 246 g/mol. The minimum absolute atomic E-state index is 0.163. The third-order valence-electron chi connectivity index (χ3n) is 2.87. The minimum Gasteiger partial charge on any atom is -0.321 e. The first-order valence-corrected chi connectivity index (χ1v) is 4.85. The number of hydrogen-bond donors (Lipinski definition) is 1. The smallest absolute Gasteiger partial charge is 0.305 e. The molecule has 17 heavy (non-hydrogen) atoms. The Morgan fingerprint density at radius 3 is 2.41 bits per heavy atom. The topological polar surface area (TPSA) is 69.2 Å². The molecule has 1 aliphatic rings. The largest absolute Gasteiger partial charge is 0.321 e. The van der Waals surface area contributed by atoms with Gasteiger partial charge in [0, 0.05) is 18.9 Å². The fraction of sp³-hybridized carbons (Fsp3) is 0.400. The summed E-state index contributed by atoms with van der Waals surface area (Å²) >= 11 is 0. The lowest BCUT2D eigenvalue weighted by Crippen LogP contribution is -2.55. The first-order chi connectivity index (χ1) is 7.73. The van der Waals surface area contributed by atoms with E-state index >= 15 is 0 Å². The van der Waals surface area contributed by atoms with E-state index in [1.807, 2.05) is 0 Å². The van der Waals surface area contributed by atoms with Crippen molar-refractivity contribution in [2.75, 3.05) is 0 Å². The molecule has 0 heterocycles. The molecule has 1 saturated carbocycles. The third kappa shape index (κ3) is 1.97. The zero-order valence-electron chi connectivity index (χ0n) is 8.62. The summed E-state index contributed by atoms with van der Waals surface area (Å²) in [4.78, 5) is 9.61. The van der Waals surface area contributed by atoms with Crippen LogP contribution in [-0.2, 0) is 5.54 Å². The first-order valence-electron chi connectivity index (χ1n) is 4.85. The SMILES string of the molecule is NC1(c2ccc(F)c([N+](=O)[O-])c2)CC(F)(F)C1. The van der Waals surface area contributed by atoms with Crippen molar-refractivity contribution in [2.45, 2.75) is 24.3 Å². The lowest BCUT2D eigenvalue weighted by atomic mass is 9.70. The van der Waals surface area contributed by atoms with Crippen LogP contribution in [0, 0.1) is 15.9 Å². The number of rotatable bonds is 2. The predicted molar refractivity (Wildman–Crippen MR) is 53.1 cm³/mol. The zero-order chi connectivity index (χ0) is 12.8. The summed E-state index contributed by atoms with van der Waals surface area (Å²) in [6, 6.07) is 3.00. The fourth-order valence-corrected chi connectivity index (χ4v) is 2.04. The van der Waals surface area contributed by atoms with E-state index in [-0.39, 0.29) is 5.56 Å². The second-order valence-electron chi connectivity index (χ2n) is 4.29. The van der Waals surface area contributed by atoms with Gasteiger partial charge in [-0.3, -0.25) is 10.1 Å². The van der Waals surface area contributed by atoms with Gasteiger partial charge in [-0.15, -0.1) is 0 Å². The summed E-state index contributed by atoms with van der Waals surface area (Å²) in [6.45, 7) is 0. The van der Waals surface area contributed by atoms with Crippen LogP contribution >= 0.6 is 0 Å². The fourth-order valence-electron chi connectivity index (χ4n) is 2.04. The highest BCUT2D eigenvalue weighted by Gasteiger charge is 2.55. The van der Waals surface area contributed by atoms with Gasteiger partial charge in [0.1, 0.15) is 0 Å². The van der Waals surface area contributed by atoms with Gasteiger partial charge in [0.05, 0.1) is 10.5 Å². The Morgan fingerprint density at radius 2 is 1.94 bits per heavy atom. The van der Waals surface area contributed by atoms with Gasteiger partial charge in [0.25, 0.3) is 5.92 Å². The maximum atomic E-state index is 13.1. The molecule has 0 amide bonds. The molecular weight excluding hydrogens is 237 g/mol. The van der Waals surface area contributed by atoms with Crippen molar-refractivity contribution in [2.24, 2.45) is 5.73 Å². The highest BCUT2D eigenvalue weighted by atomic mass is 19.3. The minimum atomic E-state index is -2.85. The van der Waals surface area contributed by atoms with E-state index in [9.17, 15) is 23.3 Å². The molecular formula is C10H9F3N2O2. The Hall–Kier alpha value is -1.63. The molecule has 1 aromatic rings. The van der Waals surface area contributed by atoms with Gasteiger partial charge in [-0.25, -0.2) is 8.78 Å². The molecule has 0 spiro atoms. The van der Waals surface area contributed by atoms with E-state index in [1.165, 1.54) is 6.07 Å². The zero-order valence-corrected chi connectivity index (χ0v) is 8.62. The van der Waals surface area contributed by atoms with Gasteiger partial charge in [-0.1, -0.05) is 6.07 Å². The van der Waals surface area contributed by atoms with E-state index in [0.29, 0.717) is 0 Å². The molecule has 0 bridgehead atoms. The molecule has 4 nitrogen and oxygen atoms in total. The number of alkyl halides is 2. The van der Waals surface area contributed by atoms with Crippen molar-refractivity contribution in [3.05, 3.63) is 39.7 Å². The molecule has 1 aliphatic carbocycles. The lowest BCUT2D eigenvalue weighted by Gasteiger charge is -2.44. The van der Waals surface area contributed by atoms with Crippen LogP contribution in [0.5, 0.6) is 0 Å². The molecule has 0 atom stereocenters. The normalized spacial score (nSPS) is 20.7. The van der Waals surface area contributed by atoms with Crippen LogP contribution < -0.4 is 5.73 Å². The Labute approximate surface area is 94.4 Å². The lowest BCUT2D eigenvalue weighted by molar-refractivity contribution is -0.387. The molecule has 2 N–H and O–H groups in total. The highest BCUT2D eigenvalue weighted by Crippen LogP contribution is 2.50. The number of nitro benzene ring substituents is 1. The molecule has 7 heteroatoms. The van der Waals surface area contributed by atoms with Crippen LogP contribution in [0.1, 0.15) is 18.4 Å². The first kappa shape index (κ1) is 11.8. The second-order valence-corrected chi connectivity index (χ2v) is 4.29. The van der Waals surface area contributed by atoms with E-state index in [0.717, 1.165) is 12.1 Å². The van der Waals surface area contributed by atoms with Crippen molar-refractivity contribution in [1.29, 1.82) is 0 Å². The van der Waals surface area contributed by atoms with Crippen molar-refractivity contribution >= 4 is 5.69 Å². The van der Waals surface area contributed by atoms with Crippen molar-refractivity contribution in [3.8, 4) is 0 Å². The van der Waals surface area contributed by atoms with Crippen molar-refractivity contribution < 1.29 is 18.1 Å². The number of nitrogens with zero attached hydrogens (tertiary/aromatic N) is 1. The third-order valence-corrected chi connectivity index (χ3v) is 2.87. The van der Waals surface area contributed by atoms with Crippen LogP contribution in [-0.4, -0.2) is 10.8 Å². The Balaban J connectivity index is 2.35. The predicted octanol–water partition coefficient (Wildman–Crippen LogP) is 2.32. The summed E-state index contributed by atoms with van der Waals surface area (Å²) < 4.78 is 38.6. The van der Waals surface area contributed by atoms with Crippen molar-refractivity contribution in [1.82, 2.24) is 0 Å². The van der Waals surface area contributed by atoms with Gasteiger partial charge < -0.3 is 5.73 Å². The summed E-state index contributed by atoms with van der Waals surface area (Å²) in [5.74, 6) is -3.86. The average Bonchev–Trinajstić information content (AvgIpc) is 2.14. The quantitative estimate of drug-likeness (QED) is 0.643. The number of benzene rings is 1. The molecule has 92 valence electrons. The molecule has 1 aromatic carbocycles. The molecule has 1 fully saturated rings. The maximum Gasteiger partial charge on any atom is 0.305 e. The summed E-state index contributed by atoms with van der Waals surface area (Å²) in [5.41, 5.74) is 3.81. The van der Waals surface area contributed by atoms with Crippen LogP contribution in [0.3, 0.4) is 0 Å². The summed E-state index contributed by atoms with van der Waals surface area (Å²) in [5, 5.41) is 10.5. The Kier molecular flexibility index (Phi) is 2.39. The second kappa shape index (κ2) is 3.43. The van der Waals surface area contributed by atoms with Gasteiger partial charge in [-0.05, 0) is 11.6 Å². The van der Waals surface area contributed by atoms with E-state index in [1.54, 1.807) is 0 Å². The number of nitrogens with two attached hydrogens (primary N) is 1. The Morgan fingerprint density at radius 1 is 1.35 bits per heavy atom. The summed E-state index contributed by atoms with van der Waals surface area (Å²) in [6.07, 6.45) is -1.16. The number of nitro groups is 1. The summed E-state index contributed by atoms with van der Waals surface area (Å²) in [7, 11) is 0. The maximum absolute atomic E-state index is 13.1. The molecule has 0 saturated heterocycles. The highest BCUT2D eigenvalue weighted by molar-refractivity contribution is 5.41.